The van der Waals surface area contributed by atoms with Crippen molar-refractivity contribution in [2.75, 3.05) is 12.5 Å². The SMILES string of the molecule is O=C(Cl)OCCCCCl.O=C(Cl)OCc1ccccc1Cl. The summed E-state index contributed by atoms with van der Waals surface area (Å²) < 4.78 is 8.96. The number of hydrogen-bond acceptors (Lipinski definition) is 4. The number of halogens is 4. The Morgan fingerprint density at radius 3 is 2.14 bits per heavy atom. The number of hydrogen-bond donors (Lipinski definition) is 0. The molecule has 21 heavy (non-hydrogen) atoms. The van der Waals surface area contributed by atoms with Crippen LogP contribution in [0.1, 0.15) is 18.4 Å². The molecule has 0 aromatic heterocycles. The van der Waals surface area contributed by atoms with Gasteiger partial charge in [0.1, 0.15) is 6.61 Å². The second-order valence-corrected chi connectivity index (χ2v) is 5.00. The molecule has 0 saturated carbocycles. The molecule has 0 fully saturated rings. The maximum Gasteiger partial charge on any atom is 0.404 e. The van der Waals surface area contributed by atoms with Crippen LogP contribution < -0.4 is 0 Å². The van der Waals surface area contributed by atoms with E-state index in [0.29, 0.717) is 17.5 Å². The molecule has 4 nitrogen and oxygen atoms in total. The Labute approximate surface area is 143 Å². The van der Waals surface area contributed by atoms with Crippen LogP contribution in [0.3, 0.4) is 0 Å². The molecule has 0 amide bonds. The third-order valence-corrected chi connectivity index (χ3v) is 2.90. The van der Waals surface area contributed by atoms with Crippen molar-refractivity contribution in [3.05, 3.63) is 34.9 Å². The van der Waals surface area contributed by atoms with Gasteiger partial charge in [-0.2, -0.15) is 0 Å². The monoisotopic (exact) mass is 374 g/mol. The molecule has 0 aliphatic rings. The van der Waals surface area contributed by atoms with E-state index in [-0.39, 0.29) is 6.61 Å². The van der Waals surface area contributed by atoms with Gasteiger partial charge in [-0.3, -0.25) is 0 Å². The summed E-state index contributed by atoms with van der Waals surface area (Å²) in [6.07, 6.45) is 1.63. The fraction of sp³-hybridized carbons (Fsp3) is 0.385. The van der Waals surface area contributed by atoms with E-state index in [4.69, 9.17) is 46.4 Å². The van der Waals surface area contributed by atoms with Crippen molar-refractivity contribution in [2.45, 2.75) is 19.4 Å². The molecule has 0 N–H and O–H groups in total. The molecule has 0 radical (unpaired) electrons. The van der Waals surface area contributed by atoms with Gasteiger partial charge in [-0.05, 0) is 18.9 Å². The maximum absolute atomic E-state index is 10.2. The normalized spacial score (nSPS) is 9.33. The summed E-state index contributed by atoms with van der Waals surface area (Å²) in [7, 11) is 0. The Kier molecular flexibility index (Phi) is 12.6. The first-order valence-electron chi connectivity index (χ1n) is 5.91. The van der Waals surface area contributed by atoms with Gasteiger partial charge in [0.15, 0.2) is 0 Å². The lowest BCUT2D eigenvalue weighted by Gasteiger charge is -2.01. The van der Waals surface area contributed by atoms with E-state index in [9.17, 15) is 9.59 Å². The predicted octanol–water partition coefficient (Wildman–Crippen LogP) is 5.60. The maximum atomic E-state index is 10.2. The van der Waals surface area contributed by atoms with Gasteiger partial charge in [0, 0.05) is 39.7 Å². The van der Waals surface area contributed by atoms with Crippen LogP contribution in [0.15, 0.2) is 24.3 Å². The molecule has 0 spiro atoms. The minimum Gasteiger partial charge on any atom is -0.454 e. The van der Waals surface area contributed by atoms with Gasteiger partial charge in [0.25, 0.3) is 0 Å². The predicted molar refractivity (Wildman–Crippen MR) is 84.6 cm³/mol. The molecule has 0 saturated heterocycles. The Morgan fingerprint density at radius 1 is 1.00 bits per heavy atom. The van der Waals surface area contributed by atoms with E-state index in [1.165, 1.54) is 0 Å². The summed E-state index contributed by atoms with van der Waals surface area (Å²) in [4.78, 5) is 20.1. The van der Waals surface area contributed by atoms with Crippen LogP contribution >= 0.6 is 46.4 Å². The van der Waals surface area contributed by atoms with Crippen molar-refractivity contribution in [1.29, 1.82) is 0 Å². The number of unbranched alkanes of at least 4 members (excludes halogenated alkanes) is 1. The number of carbonyl (C=O) groups excluding carboxylic acids is 2. The lowest BCUT2D eigenvalue weighted by atomic mass is 10.2. The largest absolute Gasteiger partial charge is 0.454 e. The number of carbonyl (C=O) groups is 2. The average molecular weight is 376 g/mol. The van der Waals surface area contributed by atoms with Gasteiger partial charge in [0.2, 0.25) is 0 Å². The van der Waals surface area contributed by atoms with Crippen LogP contribution in [0.25, 0.3) is 0 Å². The molecule has 0 aliphatic heterocycles. The zero-order valence-electron chi connectivity index (χ0n) is 11.0. The molecule has 1 rings (SSSR count). The van der Waals surface area contributed by atoms with Gasteiger partial charge in [-0.15, -0.1) is 11.6 Å². The summed E-state index contributed by atoms with van der Waals surface area (Å²) >= 11 is 21.0. The van der Waals surface area contributed by atoms with Crippen molar-refractivity contribution in [3.63, 3.8) is 0 Å². The van der Waals surface area contributed by atoms with E-state index in [0.717, 1.165) is 18.4 Å². The molecule has 118 valence electrons. The van der Waals surface area contributed by atoms with Crippen molar-refractivity contribution >= 4 is 57.3 Å². The van der Waals surface area contributed by atoms with E-state index in [1.54, 1.807) is 18.2 Å². The molecule has 0 atom stereocenters. The molecular weight excluding hydrogens is 362 g/mol. The smallest absolute Gasteiger partial charge is 0.404 e. The highest BCUT2D eigenvalue weighted by Crippen LogP contribution is 2.15. The summed E-state index contributed by atoms with van der Waals surface area (Å²) in [6.45, 7) is 0.483. The van der Waals surface area contributed by atoms with Crippen LogP contribution in [-0.2, 0) is 16.1 Å². The number of rotatable bonds is 6. The van der Waals surface area contributed by atoms with E-state index in [2.05, 4.69) is 9.47 Å². The highest BCUT2D eigenvalue weighted by atomic mass is 35.5. The van der Waals surface area contributed by atoms with Gasteiger partial charge in [-0.1, -0.05) is 29.8 Å². The van der Waals surface area contributed by atoms with Gasteiger partial charge in [-0.25, -0.2) is 9.59 Å². The lowest BCUT2D eigenvalue weighted by molar-refractivity contribution is 0.167. The zero-order chi connectivity index (χ0) is 16.1. The third kappa shape index (κ3) is 12.8. The summed E-state index contributed by atoms with van der Waals surface area (Å²) in [5, 5.41) is 0.565. The first kappa shape index (κ1) is 20.3. The molecule has 1 aromatic rings. The summed E-state index contributed by atoms with van der Waals surface area (Å²) in [6, 6.07) is 7.10. The Morgan fingerprint density at radius 2 is 1.62 bits per heavy atom. The highest BCUT2D eigenvalue weighted by Gasteiger charge is 2.01. The highest BCUT2D eigenvalue weighted by molar-refractivity contribution is 6.61. The minimum absolute atomic E-state index is 0.113. The first-order valence-corrected chi connectivity index (χ1v) is 7.58. The third-order valence-electron chi connectivity index (χ3n) is 2.04. The first-order chi connectivity index (χ1) is 9.97. The fourth-order valence-corrected chi connectivity index (χ4v) is 1.61. The van der Waals surface area contributed by atoms with Gasteiger partial charge < -0.3 is 9.47 Å². The van der Waals surface area contributed by atoms with E-state index in [1.807, 2.05) is 6.07 Å². The fourth-order valence-electron chi connectivity index (χ4n) is 1.10. The van der Waals surface area contributed by atoms with Crippen LogP contribution in [0.5, 0.6) is 0 Å². The molecule has 0 aliphatic carbocycles. The lowest BCUT2D eigenvalue weighted by Crippen LogP contribution is -1.96. The quantitative estimate of drug-likeness (QED) is 0.369. The van der Waals surface area contributed by atoms with Gasteiger partial charge >= 0.3 is 10.9 Å². The Bertz CT molecular complexity index is 440. The van der Waals surface area contributed by atoms with Crippen molar-refractivity contribution in [1.82, 2.24) is 0 Å². The van der Waals surface area contributed by atoms with Crippen molar-refractivity contribution < 1.29 is 19.1 Å². The molecule has 8 heteroatoms. The van der Waals surface area contributed by atoms with Crippen LogP contribution in [0, 0.1) is 0 Å². The van der Waals surface area contributed by atoms with Crippen LogP contribution in [0.2, 0.25) is 5.02 Å². The molecule has 1 aromatic carbocycles. The summed E-state index contributed by atoms with van der Waals surface area (Å²) in [5.41, 5.74) is -0.826. The topological polar surface area (TPSA) is 52.6 Å². The second kappa shape index (κ2) is 13.0. The number of benzene rings is 1. The zero-order valence-corrected chi connectivity index (χ0v) is 14.0. The molecular formula is C13H14Cl4O4. The second-order valence-electron chi connectivity index (χ2n) is 3.60. The number of ether oxygens (including phenoxy) is 2. The van der Waals surface area contributed by atoms with Crippen molar-refractivity contribution in [3.8, 4) is 0 Å². The van der Waals surface area contributed by atoms with Crippen LogP contribution in [0.4, 0.5) is 9.59 Å². The molecule has 0 unspecified atom stereocenters. The van der Waals surface area contributed by atoms with E-state index >= 15 is 0 Å². The standard InChI is InChI=1S/C8H6Cl2O2.C5H8Cl2O2/c9-7-4-2-1-3-6(7)5-12-8(10)11;6-3-1-2-4-9-5(7)8/h1-4H,5H2;1-4H2. The van der Waals surface area contributed by atoms with Crippen LogP contribution in [-0.4, -0.2) is 23.3 Å². The minimum atomic E-state index is -0.824. The molecule has 0 heterocycles. The Hall–Kier alpha value is -0.680. The summed E-state index contributed by atoms with van der Waals surface area (Å²) in [5.74, 6) is 0.597. The number of alkyl halides is 1. The van der Waals surface area contributed by atoms with Gasteiger partial charge in [0.05, 0.1) is 6.61 Å². The Balaban J connectivity index is 0.000000400. The molecule has 0 bridgehead atoms. The average Bonchev–Trinajstić information content (AvgIpc) is 2.43. The van der Waals surface area contributed by atoms with E-state index < -0.39 is 10.9 Å². The van der Waals surface area contributed by atoms with Crippen molar-refractivity contribution in [2.24, 2.45) is 0 Å².